The summed E-state index contributed by atoms with van der Waals surface area (Å²) < 4.78 is 0. The molecule has 0 fully saturated rings. The van der Waals surface area contributed by atoms with Gasteiger partial charge in [-0.05, 0) is 198 Å². The molecule has 0 aliphatic heterocycles. The van der Waals surface area contributed by atoms with Crippen LogP contribution in [-0.2, 0) is 28.8 Å². The van der Waals surface area contributed by atoms with Gasteiger partial charge in [-0.3, -0.25) is 33.7 Å². The van der Waals surface area contributed by atoms with Crippen LogP contribution in [-0.4, -0.2) is 323 Å². The second-order valence-corrected chi connectivity index (χ2v) is 26.7. The Morgan fingerprint density at radius 3 is 0.468 bits per heavy atom. The molecule has 0 aliphatic carbocycles. The van der Waals surface area contributed by atoms with Crippen molar-refractivity contribution in [2.24, 2.45) is 0 Å². The third-order valence-electron chi connectivity index (χ3n) is 18.6. The molecule has 0 radical (unpaired) electrons. The molecule has 0 saturated heterocycles. The summed E-state index contributed by atoms with van der Waals surface area (Å²) in [6, 6.07) is 0. The van der Waals surface area contributed by atoms with Crippen LogP contribution in [0, 0.1) is 0 Å². The van der Waals surface area contributed by atoms with Gasteiger partial charge in [-0.2, -0.15) is 0 Å². The highest BCUT2D eigenvalue weighted by molar-refractivity contribution is 5.78. The maximum atomic E-state index is 13.5. The summed E-state index contributed by atoms with van der Waals surface area (Å²) in [4.78, 5) is 104. The zero-order chi connectivity index (χ0) is 69.7. The molecule has 6 N–H and O–H groups in total. The van der Waals surface area contributed by atoms with Crippen LogP contribution in [0.5, 0.6) is 0 Å². The standard InChI is InChI=1S/C72H150N16O6/c1-13-79(7)49-31-19-25-43-73-67(89)37-55-85(56-38-68(90)74-44-26-20-32-50-80(8)14-2)61-64-88(65-62-86(57-39-69(91)75-45-27-21-33-51-81(9)15-3)58-40-70(92)76-46-28-22-34-52-82(10)16-4)66-63-87(59-41-71(93)77-47-29-23-35-53-83(11)17-5)60-42-72(94)78-48-30-24-36-54-84(12)18-6/h13-66H2,1-12H3,(H,73,89)(H,74,90)(H,75,91)(H,76,92)(H,77,93)(H,78,94). The van der Waals surface area contributed by atoms with Crippen LogP contribution >= 0.6 is 0 Å². The number of hydrogen-bond donors (Lipinski definition) is 6. The molecule has 0 aliphatic rings. The third-order valence-corrected chi connectivity index (χ3v) is 18.6. The minimum absolute atomic E-state index is 0.0114. The average Bonchev–Trinajstić information content (AvgIpc) is 2.06. The lowest BCUT2D eigenvalue weighted by Crippen LogP contribution is -2.45. The number of nitrogens with zero attached hydrogens (tertiary/aromatic N) is 10. The van der Waals surface area contributed by atoms with Crippen LogP contribution in [0.1, 0.15) is 196 Å². The largest absolute Gasteiger partial charge is 0.356 e. The van der Waals surface area contributed by atoms with Crippen molar-refractivity contribution in [1.82, 2.24) is 80.9 Å². The summed E-state index contributed by atoms with van der Waals surface area (Å²) >= 11 is 0. The predicted octanol–water partition coefficient (Wildman–Crippen LogP) is 5.96. The molecule has 22 nitrogen and oxygen atoms in total. The average molecular weight is 1340 g/mol. The van der Waals surface area contributed by atoms with Gasteiger partial charge in [0.15, 0.2) is 0 Å². The Morgan fingerprint density at radius 1 is 0.191 bits per heavy atom. The lowest BCUT2D eigenvalue weighted by atomic mass is 10.2. The molecule has 0 saturated carbocycles. The molecule has 0 heterocycles. The molecule has 0 bridgehead atoms. The van der Waals surface area contributed by atoms with Crippen LogP contribution in [0.15, 0.2) is 0 Å². The van der Waals surface area contributed by atoms with Crippen molar-refractivity contribution in [3.05, 3.63) is 0 Å². The van der Waals surface area contributed by atoms with Crippen molar-refractivity contribution in [3.8, 4) is 0 Å². The van der Waals surface area contributed by atoms with Gasteiger partial charge in [-0.1, -0.05) is 80.1 Å². The Hall–Kier alpha value is -3.58. The maximum absolute atomic E-state index is 13.5. The Morgan fingerprint density at radius 2 is 0.330 bits per heavy atom. The molecule has 94 heavy (non-hydrogen) atoms. The van der Waals surface area contributed by atoms with E-state index in [1.54, 1.807) is 0 Å². The number of rotatable bonds is 69. The third kappa shape index (κ3) is 58.6. The molecule has 6 amide bonds. The van der Waals surface area contributed by atoms with Crippen LogP contribution in [0.2, 0.25) is 0 Å². The molecular weight excluding hydrogens is 1180 g/mol. The molecule has 0 atom stereocenters. The van der Waals surface area contributed by atoms with E-state index in [0.717, 1.165) is 194 Å². The lowest BCUT2D eigenvalue weighted by molar-refractivity contribution is -0.123. The van der Waals surface area contributed by atoms with Gasteiger partial charge in [0.2, 0.25) is 35.4 Å². The first-order chi connectivity index (χ1) is 45.4. The number of unbranched alkanes of at least 4 members (excludes halogenated alkanes) is 12. The molecule has 0 aromatic carbocycles. The topological polar surface area (TPSA) is 207 Å². The fourth-order valence-electron chi connectivity index (χ4n) is 10.7. The van der Waals surface area contributed by atoms with E-state index in [9.17, 15) is 28.8 Å². The summed E-state index contributed by atoms with van der Waals surface area (Å²) in [7, 11) is 12.8. The lowest BCUT2D eigenvalue weighted by Gasteiger charge is -2.32. The van der Waals surface area contributed by atoms with Gasteiger partial charge in [-0.15, -0.1) is 0 Å². The van der Waals surface area contributed by atoms with Gasteiger partial charge in [-0.25, -0.2) is 0 Å². The van der Waals surface area contributed by atoms with Gasteiger partial charge in [0.1, 0.15) is 0 Å². The van der Waals surface area contributed by atoms with Gasteiger partial charge in [0.05, 0.1) is 0 Å². The van der Waals surface area contributed by atoms with E-state index < -0.39 is 0 Å². The fraction of sp³-hybridized carbons (Fsp3) is 0.917. The smallest absolute Gasteiger partial charge is 0.221 e. The quantitative estimate of drug-likeness (QED) is 0.0389. The number of carbonyl (C=O) groups excluding carboxylic acids is 6. The van der Waals surface area contributed by atoms with Crippen LogP contribution < -0.4 is 31.9 Å². The molecule has 554 valence electrons. The van der Waals surface area contributed by atoms with E-state index in [-0.39, 0.29) is 35.4 Å². The van der Waals surface area contributed by atoms with E-state index in [0.29, 0.717) is 156 Å². The maximum Gasteiger partial charge on any atom is 0.221 e. The van der Waals surface area contributed by atoms with Crippen LogP contribution in [0.3, 0.4) is 0 Å². The number of hydrogen-bond acceptors (Lipinski definition) is 16. The number of nitrogens with one attached hydrogen (secondary N) is 6. The van der Waals surface area contributed by atoms with Crippen molar-refractivity contribution >= 4 is 35.4 Å². The van der Waals surface area contributed by atoms with E-state index >= 15 is 0 Å². The van der Waals surface area contributed by atoms with Crippen LogP contribution in [0.4, 0.5) is 0 Å². The predicted molar refractivity (Wildman–Crippen MR) is 394 cm³/mol. The summed E-state index contributed by atoms with van der Waals surface area (Å²) in [5, 5.41) is 19.0. The molecule has 0 aromatic heterocycles. The highest BCUT2D eigenvalue weighted by Crippen LogP contribution is 2.07. The Bertz CT molecular complexity index is 1510. The van der Waals surface area contributed by atoms with E-state index in [1.165, 1.54) is 0 Å². The second-order valence-electron chi connectivity index (χ2n) is 26.7. The highest BCUT2D eigenvalue weighted by Gasteiger charge is 2.19. The Labute approximate surface area is 577 Å². The molecule has 0 spiro atoms. The Balaban J connectivity index is 6.85. The van der Waals surface area contributed by atoms with Crippen molar-refractivity contribution < 1.29 is 28.8 Å². The summed E-state index contributed by atoms with van der Waals surface area (Å²) in [6.45, 7) is 36.0. The SMILES string of the molecule is CCN(C)CCCCCNC(=O)CCN(CCC(=O)NCCCCCN(C)CC)CCN(CCN(CCC(=O)NCCCCCN(C)CC)CCC(=O)NCCCCCN(C)CC)CCN(CCC(=O)NCCCCCN(C)CC)CCC(=O)NCCCCCN(C)CC. The zero-order valence-corrected chi connectivity index (χ0v) is 63.1. The van der Waals surface area contributed by atoms with Gasteiger partial charge >= 0.3 is 0 Å². The number of carbonyl (C=O) groups is 6. The molecule has 0 rings (SSSR count). The summed E-state index contributed by atoms with van der Waals surface area (Å²) in [5.74, 6) is 0.0687. The first kappa shape index (κ1) is 90.4. The van der Waals surface area contributed by atoms with Crippen molar-refractivity contribution in [2.75, 3.05) is 239 Å². The minimum Gasteiger partial charge on any atom is -0.356 e. The first-order valence-corrected chi connectivity index (χ1v) is 38.0. The van der Waals surface area contributed by atoms with Gasteiger partial charge in [0.25, 0.3) is 0 Å². The van der Waals surface area contributed by atoms with Crippen molar-refractivity contribution in [3.63, 3.8) is 0 Å². The highest BCUT2D eigenvalue weighted by atomic mass is 16.2. The van der Waals surface area contributed by atoms with E-state index in [2.05, 4.69) is 165 Å². The Kier molecular flexibility index (Phi) is 61.7. The minimum atomic E-state index is 0.0114. The van der Waals surface area contributed by atoms with Crippen molar-refractivity contribution in [1.29, 1.82) is 0 Å². The molecular formula is C72H150N16O6. The second kappa shape index (κ2) is 64.1. The molecule has 0 aromatic rings. The first-order valence-electron chi connectivity index (χ1n) is 38.0. The molecule has 22 heteroatoms. The normalized spacial score (nSPS) is 11.9. The summed E-state index contributed by atoms with van der Waals surface area (Å²) in [5.41, 5.74) is 0. The van der Waals surface area contributed by atoms with Gasteiger partial charge < -0.3 is 76.0 Å². The van der Waals surface area contributed by atoms with E-state index in [4.69, 9.17) is 0 Å². The number of amides is 6. The molecule has 0 unspecified atom stereocenters. The van der Waals surface area contributed by atoms with E-state index in [1.807, 2.05) is 0 Å². The zero-order valence-electron chi connectivity index (χ0n) is 63.1. The monoisotopic (exact) mass is 1340 g/mol. The fourth-order valence-corrected chi connectivity index (χ4v) is 10.7. The van der Waals surface area contributed by atoms with Crippen molar-refractivity contribution in [2.45, 2.75) is 196 Å². The van der Waals surface area contributed by atoms with Crippen LogP contribution in [0.25, 0.3) is 0 Å². The van der Waals surface area contributed by atoms with Gasteiger partial charge in [0, 0.05) is 156 Å². The summed E-state index contributed by atoms with van der Waals surface area (Å²) in [6.07, 6.45) is 20.4.